The van der Waals surface area contributed by atoms with Gasteiger partial charge in [0.05, 0.1) is 5.69 Å². The summed E-state index contributed by atoms with van der Waals surface area (Å²) >= 11 is 5.97. The van der Waals surface area contributed by atoms with E-state index < -0.39 is 0 Å². The Morgan fingerprint density at radius 3 is 2.57 bits per heavy atom. The molecule has 1 aromatic rings. The molecule has 80 valence electrons. The van der Waals surface area contributed by atoms with Gasteiger partial charge in [0.2, 0.25) is 0 Å². The van der Waals surface area contributed by atoms with Crippen molar-refractivity contribution in [3.8, 4) is 0 Å². The van der Waals surface area contributed by atoms with Gasteiger partial charge in [0.15, 0.2) is 5.15 Å². The number of nitrogens with zero attached hydrogens (tertiary/aromatic N) is 3. The summed E-state index contributed by atoms with van der Waals surface area (Å²) in [4.78, 5) is 0. The van der Waals surface area contributed by atoms with Crippen LogP contribution in [-0.4, -0.2) is 15.0 Å². The van der Waals surface area contributed by atoms with E-state index in [-0.39, 0.29) is 0 Å². The SMILES string of the molecule is CCCCc1c(Cl)nnn1CCCC. The molecular formula is C10H18ClN3. The van der Waals surface area contributed by atoms with Crippen molar-refractivity contribution in [1.29, 1.82) is 0 Å². The number of aryl methyl sites for hydroxylation is 1. The Bertz CT molecular complexity index is 270. The Balaban J connectivity index is 2.62. The van der Waals surface area contributed by atoms with Crippen molar-refractivity contribution in [1.82, 2.24) is 15.0 Å². The van der Waals surface area contributed by atoms with Crippen LogP contribution in [0.25, 0.3) is 0 Å². The molecule has 0 aromatic carbocycles. The first-order valence-electron chi connectivity index (χ1n) is 5.37. The summed E-state index contributed by atoms with van der Waals surface area (Å²) in [7, 11) is 0. The molecular weight excluding hydrogens is 198 g/mol. The smallest absolute Gasteiger partial charge is 0.174 e. The van der Waals surface area contributed by atoms with Gasteiger partial charge in [-0.2, -0.15) is 0 Å². The summed E-state index contributed by atoms with van der Waals surface area (Å²) < 4.78 is 1.95. The Morgan fingerprint density at radius 1 is 1.21 bits per heavy atom. The van der Waals surface area contributed by atoms with Crippen LogP contribution in [0.15, 0.2) is 0 Å². The van der Waals surface area contributed by atoms with Gasteiger partial charge in [-0.05, 0) is 19.3 Å². The second-order valence-corrected chi connectivity index (χ2v) is 3.87. The highest BCUT2D eigenvalue weighted by Gasteiger charge is 2.09. The summed E-state index contributed by atoms with van der Waals surface area (Å²) in [6.07, 6.45) is 5.63. The van der Waals surface area contributed by atoms with Crippen LogP contribution in [0, 0.1) is 0 Å². The molecule has 4 heteroatoms. The zero-order valence-corrected chi connectivity index (χ0v) is 9.72. The van der Waals surface area contributed by atoms with E-state index in [0.29, 0.717) is 5.15 Å². The molecule has 0 aliphatic carbocycles. The molecule has 3 nitrogen and oxygen atoms in total. The number of rotatable bonds is 6. The Kier molecular flexibility index (Phi) is 4.94. The third-order valence-electron chi connectivity index (χ3n) is 2.28. The fraction of sp³-hybridized carbons (Fsp3) is 0.800. The third kappa shape index (κ3) is 2.98. The molecule has 0 aliphatic heterocycles. The third-order valence-corrected chi connectivity index (χ3v) is 2.57. The molecule has 0 N–H and O–H groups in total. The monoisotopic (exact) mass is 215 g/mol. The van der Waals surface area contributed by atoms with Gasteiger partial charge in [0.1, 0.15) is 0 Å². The second-order valence-electron chi connectivity index (χ2n) is 3.51. The van der Waals surface area contributed by atoms with E-state index in [4.69, 9.17) is 11.6 Å². The van der Waals surface area contributed by atoms with E-state index in [1.165, 1.54) is 12.8 Å². The van der Waals surface area contributed by atoms with Gasteiger partial charge in [0.25, 0.3) is 0 Å². The molecule has 1 aromatic heterocycles. The summed E-state index contributed by atoms with van der Waals surface area (Å²) in [6, 6.07) is 0. The number of hydrogen-bond acceptors (Lipinski definition) is 2. The van der Waals surface area contributed by atoms with Crippen molar-refractivity contribution >= 4 is 11.6 Å². The average Bonchev–Trinajstić information content (AvgIpc) is 2.53. The maximum absolute atomic E-state index is 5.97. The Hall–Kier alpha value is -0.570. The minimum Gasteiger partial charge on any atom is -0.248 e. The van der Waals surface area contributed by atoms with Crippen molar-refractivity contribution in [2.24, 2.45) is 0 Å². The van der Waals surface area contributed by atoms with Crippen molar-refractivity contribution in [2.45, 2.75) is 52.5 Å². The van der Waals surface area contributed by atoms with Crippen LogP contribution in [0.4, 0.5) is 0 Å². The highest BCUT2D eigenvalue weighted by molar-refractivity contribution is 6.29. The van der Waals surface area contributed by atoms with E-state index >= 15 is 0 Å². The van der Waals surface area contributed by atoms with Crippen molar-refractivity contribution in [3.05, 3.63) is 10.8 Å². The zero-order chi connectivity index (χ0) is 10.4. The minimum atomic E-state index is 0.578. The largest absolute Gasteiger partial charge is 0.248 e. The van der Waals surface area contributed by atoms with E-state index in [2.05, 4.69) is 24.2 Å². The standard InChI is InChI=1S/C10H18ClN3/c1-3-5-7-9-10(11)12-13-14(9)8-6-4-2/h3-8H2,1-2H3. The highest BCUT2D eigenvalue weighted by atomic mass is 35.5. The predicted octanol–water partition coefficient (Wildman–Crippen LogP) is 3.07. The van der Waals surface area contributed by atoms with Crippen LogP contribution < -0.4 is 0 Å². The molecule has 0 saturated heterocycles. The van der Waals surface area contributed by atoms with Gasteiger partial charge < -0.3 is 0 Å². The predicted molar refractivity (Wildman–Crippen MR) is 58.6 cm³/mol. The van der Waals surface area contributed by atoms with E-state index in [1.807, 2.05) is 4.68 Å². The molecule has 14 heavy (non-hydrogen) atoms. The fourth-order valence-electron chi connectivity index (χ4n) is 1.38. The molecule has 1 rings (SSSR count). The molecule has 0 saturated carbocycles. The van der Waals surface area contributed by atoms with Crippen molar-refractivity contribution < 1.29 is 0 Å². The van der Waals surface area contributed by atoms with Crippen molar-refractivity contribution in [3.63, 3.8) is 0 Å². The molecule has 0 aliphatic rings. The Labute approximate surface area is 90.4 Å². The molecule has 1 heterocycles. The van der Waals surface area contributed by atoms with Gasteiger partial charge in [-0.1, -0.05) is 43.5 Å². The zero-order valence-electron chi connectivity index (χ0n) is 8.96. The van der Waals surface area contributed by atoms with Crippen LogP contribution in [0.2, 0.25) is 5.15 Å². The lowest BCUT2D eigenvalue weighted by atomic mass is 10.2. The molecule has 0 fully saturated rings. The molecule has 0 unspecified atom stereocenters. The van der Waals surface area contributed by atoms with Crippen LogP contribution >= 0.6 is 11.6 Å². The number of aromatic nitrogens is 3. The first-order valence-corrected chi connectivity index (χ1v) is 5.75. The first kappa shape index (κ1) is 11.5. The molecule has 0 spiro atoms. The van der Waals surface area contributed by atoms with Gasteiger partial charge in [-0.25, -0.2) is 4.68 Å². The summed E-state index contributed by atoms with van der Waals surface area (Å²) in [5, 5.41) is 8.52. The second kappa shape index (κ2) is 6.02. The van der Waals surface area contributed by atoms with Gasteiger partial charge in [-0.3, -0.25) is 0 Å². The maximum Gasteiger partial charge on any atom is 0.174 e. The van der Waals surface area contributed by atoms with Gasteiger partial charge in [0, 0.05) is 6.54 Å². The quantitative estimate of drug-likeness (QED) is 0.730. The van der Waals surface area contributed by atoms with E-state index in [1.54, 1.807) is 0 Å². The number of hydrogen-bond donors (Lipinski definition) is 0. The highest BCUT2D eigenvalue weighted by Crippen LogP contribution is 2.15. The Morgan fingerprint density at radius 2 is 1.93 bits per heavy atom. The lowest BCUT2D eigenvalue weighted by molar-refractivity contribution is 0.528. The average molecular weight is 216 g/mol. The van der Waals surface area contributed by atoms with Crippen LogP contribution in [-0.2, 0) is 13.0 Å². The minimum absolute atomic E-state index is 0.578. The van der Waals surface area contributed by atoms with Gasteiger partial charge >= 0.3 is 0 Å². The van der Waals surface area contributed by atoms with E-state index in [0.717, 1.165) is 31.5 Å². The molecule has 0 radical (unpaired) electrons. The fourth-order valence-corrected chi connectivity index (χ4v) is 1.60. The number of halogens is 1. The lowest BCUT2D eigenvalue weighted by Gasteiger charge is -2.04. The lowest BCUT2D eigenvalue weighted by Crippen LogP contribution is -2.05. The molecule has 0 bridgehead atoms. The molecule has 0 amide bonds. The summed E-state index contributed by atoms with van der Waals surface area (Å²) in [5.41, 5.74) is 1.10. The number of unbranched alkanes of at least 4 members (excludes halogenated alkanes) is 2. The van der Waals surface area contributed by atoms with Crippen molar-refractivity contribution in [2.75, 3.05) is 0 Å². The van der Waals surface area contributed by atoms with Crippen LogP contribution in [0.3, 0.4) is 0 Å². The maximum atomic E-state index is 5.97. The molecule has 0 atom stereocenters. The topological polar surface area (TPSA) is 30.7 Å². The van der Waals surface area contributed by atoms with Gasteiger partial charge in [-0.15, -0.1) is 5.10 Å². The summed E-state index contributed by atoms with van der Waals surface area (Å²) in [6.45, 7) is 5.29. The van der Waals surface area contributed by atoms with E-state index in [9.17, 15) is 0 Å². The normalized spacial score (nSPS) is 10.8. The van der Waals surface area contributed by atoms with Crippen LogP contribution in [0.1, 0.15) is 45.2 Å². The summed E-state index contributed by atoms with van der Waals surface area (Å²) in [5.74, 6) is 0. The van der Waals surface area contributed by atoms with Crippen LogP contribution in [0.5, 0.6) is 0 Å². The first-order chi connectivity index (χ1) is 6.79.